The van der Waals surface area contributed by atoms with Crippen LogP contribution in [0.15, 0.2) is 66.9 Å². The number of nitrogens with zero attached hydrogens (tertiary/aromatic N) is 3. The number of aryl methyl sites for hydroxylation is 1. The summed E-state index contributed by atoms with van der Waals surface area (Å²) in [4.78, 5) is 17.5. The summed E-state index contributed by atoms with van der Waals surface area (Å²) in [7, 11) is 1.97. The first kappa shape index (κ1) is 26.9. The zero-order chi connectivity index (χ0) is 26.7. The predicted molar refractivity (Wildman–Crippen MR) is 136 cm³/mol. The number of carbonyl (C=O) groups is 1. The number of halogens is 4. The highest BCUT2D eigenvalue weighted by molar-refractivity contribution is 5.94. The van der Waals surface area contributed by atoms with Crippen molar-refractivity contribution < 1.29 is 22.4 Å². The lowest BCUT2D eigenvalue weighted by molar-refractivity contribution is -0.137. The maximum atomic E-state index is 13.5. The van der Waals surface area contributed by atoms with Crippen molar-refractivity contribution in [1.82, 2.24) is 14.4 Å². The Labute approximate surface area is 215 Å². The first-order valence-electron chi connectivity index (χ1n) is 12.6. The van der Waals surface area contributed by atoms with Crippen molar-refractivity contribution in [1.29, 1.82) is 0 Å². The van der Waals surface area contributed by atoms with Gasteiger partial charge in [0.2, 0.25) is 0 Å². The van der Waals surface area contributed by atoms with Gasteiger partial charge in [-0.05, 0) is 59.9 Å². The van der Waals surface area contributed by atoms with Gasteiger partial charge in [-0.1, -0.05) is 32.0 Å². The molecule has 2 heterocycles. The highest BCUT2D eigenvalue weighted by atomic mass is 19.4. The smallest absolute Gasteiger partial charge is 0.353 e. The molecule has 1 fully saturated rings. The van der Waals surface area contributed by atoms with E-state index in [1.807, 2.05) is 43.8 Å². The minimum atomic E-state index is -4.42. The largest absolute Gasteiger partial charge is 0.416 e. The van der Waals surface area contributed by atoms with Gasteiger partial charge in [0.05, 0.1) is 5.56 Å². The van der Waals surface area contributed by atoms with E-state index in [1.54, 1.807) is 11.0 Å². The molecule has 198 valence electrons. The Kier molecular flexibility index (Phi) is 8.07. The fraction of sp³-hybridized carbons (Fsp3) is 0.414. The topological polar surface area (TPSA) is 28.5 Å². The van der Waals surface area contributed by atoms with Crippen molar-refractivity contribution in [2.45, 2.75) is 32.5 Å². The van der Waals surface area contributed by atoms with Crippen LogP contribution in [0.3, 0.4) is 0 Å². The summed E-state index contributed by atoms with van der Waals surface area (Å²) in [6, 6.07) is 15.1. The number of rotatable bonds is 8. The summed E-state index contributed by atoms with van der Waals surface area (Å²) in [5, 5.41) is 0. The van der Waals surface area contributed by atoms with Crippen molar-refractivity contribution in [2.75, 3.05) is 26.2 Å². The molecule has 1 aliphatic rings. The van der Waals surface area contributed by atoms with Crippen LogP contribution in [-0.2, 0) is 19.8 Å². The monoisotopic (exact) mass is 515 g/mol. The number of hydrogen-bond donors (Lipinski definition) is 0. The van der Waals surface area contributed by atoms with E-state index in [1.165, 1.54) is 36.4 Å². The van der Waals surface area contributed by atoms with Gasteiger partial charge in [0.25, 0.3) is 5.91 Å². The van der Waals surface area contributed by atoms with E-state index in [4.69, 9.17) is 0 Å². The lowest BCUT2D eigenvalue weighted by Gasteiger charge is -2.30. The summed E-state index contributed by atoms with van der Waals surface area (Å²) < 4.78 is 56.0. The average molecular weight is 516 g/mol. The fourth-order valence-corrected chi connectivity index (χ4v) is 5.23. The van der Waals surface area contributed by atoms with Gasteiger partial charge in [-0.2, -0.15) is 13.2 Å². The number of amides is 1. The van der Waals surface area contributed by atoms with Gasteiger partial charge < -0.3 is 9.47 Å². The van der Waals surface area contributed by atoms with Crippen molar-refractivity contribution in [2.24, 2.45) is 18.9 Å². The van der Waals surface area contributed by atoms with Crippen molar-refractivity contribution >= 4 is 5.91 Å². The first-order chi connectivity index (χ1) is 17.5. The molecule has 37 heavy (non-hydrogen) atoms. The van der Waals surface area contributed by atoms with E-state index in [0.717, 1.165) is 11.8 Å². The van der Waals surface area contributed by atoms with Gasteiger partial charge in [0.1, 0.15) is 5.82 Å². The lowest BCUT2D eigenvalue weighted by atomic mass is 9.87. The molecule has 0 radical (unpaired) electrons. The Morgan fingerprint density at radius 3 is 2.41 bits per heavy atom. The predicted octanol–water partition coefficient (Wildman–Crippen LogP) is 6.20. The third-order valence-electron chi connectivity index (χ3n) is 7.01. The van der Waals surface area contributed by atoms with Gasteiger partial charge in [0.15, 0.2) is 0 Å². The van der Waals surface area contributed by atoms with Crippen LogP contribution in [0.4, 0.5) is 17.6 Å². The molecular weight excluding hydrogens is 482 g/mol. The van der Waals surface area contributed by atoms with E-state index >= 15 is 0 Å². The maximum Gasteiger partial charge on any atom is 0.416 e. The van der Waals surface area contributed by atoms with Crippen LogP contribution in [0, 0.1) is 17.7 Å². The van der Waals surface area contributed by atoms with Crippen LogP contribution in [-0.4, -0.2) is 46.5 Å². The second kappa shape index (κ2) is 11.1. The molecule has 0 saturated carbocycles. The Hall–Kier alpha value is -3.13. The van der Waals surface area contributed by atoms with Gasteiger partial charge in [-0.25, -0.2) is 4.39 Å². The third-order valence-corrected chi connectivity index (χ3v) is 7.01. The Balaban J connectivity index is 1.63. The Morgan fingerprint density at radius 1 is 1.05 bits per heavy atom. The summed E-state index contributed by atoms with van der Waals surface area (Å²) >= 11 is 0. The van der Waals surface area contributed by atoms with Crippen molar-refractivity contribution in [3.63, 3.8) is 0 Å². The Bertz CT molecular complexity index is 1200. The van der Waals surface area contributed by atoms with E-state index < -0.39 is 17.6 Å². The van der Waals surface area contributed by atoms with E-state index in [-0.39, 0.29) is 23.7 Å². The van der Waals surface area contributed by atoms with E-state index in [2.05, 4.69) is 4.90 Å². The molecule has 4 nitrogen and oxygen atoms in total. The molecular formula is C29H33F4N3O. The van der Waals surface area contributed by atoms with Crippen molar-refractivity contribution in [3.05, 3.63) is 95.1 Å². The molecule has 0 aliphatic carbocycles. The maximum absolute atomic E-state index is 13.5. The number of carbonyl (C=O) groups excluding carboxylic acids is 1. The van der Waals surface area contributed by atoms with Crippen LogP contribution in [0.5, 0.6) is 0 Å². The molecule has 0 bridgehead atoms. The number of alkyl halides is 3. The third kappa shape index (κ3) is 6.60. The van der Waals surface area contributed by atoms with Gasteiger partial charge in [-0.3, -0.25) is 9.69 Å². The second-order valence-corrected chi connectivity index (χ2v) is 10.4. The van der Waals surface area contributed by atoms with Gasteiger partial charge in [0, 0.05) is 63.1 Å². The average Bonchev–Trinajstić information content (AvgIpc) is 3.43. The lowest BCUT2D eigenvalue weighted by Crippen LogP contribution is -2.39. The summed E-state index contributed by atoms with van der Waals surface area (Å²) in [6.07, 6.45) is -2.45. The molecule has 3 aromatic rings. The molecule has 1 aromatic heterocycles. The summed E-state index contributed by atoms with van der Waals surface area (Å²) in [5.41, 5.74) is 1.49. The molecule has 0 N–H and O–H groups in total. The summed E-state index contributed by atoms with van der Waals surface area (Å²) in [6.45, 7) is 6.86. The zero-order valence-corrected chi connectivity index (χ0v) is 21.4. The fourth-order valence-electron chi connectivity index (χ4n) is 5.23. The van der Waals surface area contributed by atoms with Crippen LogP contribution >= 0.6 is 0 Å². The second-order valence-electron chi connectivity index (χ2n) is 10.4. The SMILES string of the molecule is CC(C)CN(CC1CN(Cc2cccn2C)CC1c1cccc(C(F)(F)F)c1)C(=O)c1ccc(F)cc1. The van der Waals surface area contributed by atoms with Gasteiger partial charge in [-0.15, -0.1) is 0 Å². The molecule has 2 aromatic carbocycles. The van der Waals surface area contributed by atoms with E-state index in [9.17, 15) is 22.4 Å². The molecule has 2 atom stereocenters. The summed E-state index contributed by atoms with van der Waals surface area (Å²) in [5.74, 6) is -0.650. The minimum Gasteiger partial charge on any atom is -0.353 e. The van der Waals surface area contributed by atoms with Crippen LogP contribution < -0.4 is 0 Å². The zero-order valence-electron chi connectivity index (χ0n) is 21.4. The van der Waals surface area contributed by atoms with E-state index in [0.29, 0.717) is 43.9 Å². The molecule has 2 unspecified atom stereocenters. The molecule has 4 rings (SSSR count). The minimum absolute atomic E-state index is 0.0631. The number of likely N-dealkylation sites (tertiary alicyclic amines) is 1. The number of hydrogen-bond acceptors (Lipinski definition) is 2. The molecule has 1 aliphatic heterocycles. The molecule has 8 heteroatoms. The number of benzene rings is 2. The normalized spacial score (nSPS) is 18.5. The molecule has 1 saturated heterocycles. The standard InChI is InChI=1S/C29H33F4N3O/c1-20(2)15-36(28(37)21-9-11-25(30)12-10-21)17-23-16-35(18-26-8-5-13-34(26)3)19-27(23)22-6-4-7-24(14-22)29(31,32)33/h4-14,20,23,27H,15-19H2,1-3H3. The number of aromatic nitrogens is 1. The Morgan fingerprint density at radius 2 is 1.78 bits per heavy atom. The molecule has 1 amide bonds. The highest BCUT2D eigenvalue weighted by Crippen LogP contribution is 2.37. The van der Waals surface area contributed by atoms with Crippen molar-refractivity contribution in [3.8, 4) is 0 Å². The van der Waals surface area contributed by atoms with Gasteiger partial charge >= 0.3 is 6.18 Å². The first-order valence-corrected chi connectivity index (χ1v) is 12.6. The quantitative estimate of drug-likeness (QED) is 0.335. The van der Waals surface area contributed by atoms with Crippen LogP contribution in [0.25, 0.3) is 0 Å². The highest BCUT2D eigenvalue weighted by Gasteiger charge is 2.38. The molecule has 0 spiro atoms. The van der Waals surface area contributed by atoms with Crippen LogP contribution in [0.2, 0.25) is 0 Å². The van der Waals surface area contributed by atoms with Crippen LogP contribution in [0.1, 0.15) is 46.9 Å².